The highest BCUT2D eigenvalue weighted by molar-refractivity contribution is 4.96. The zero-order valence-corrected chi connectivity index (χ0v) is 12.7. The molecule has 2 aliphatic heterocycles. The maximum Gasteiger partial charge on any atom is 0.112 e. The van der Waals surface area contributed by atoms with Gasteiger partial charge in [0.2, 0.25) is 0 Å². The molecule has 0 bridgehead atoms. The van der Waals surface area contributed by atoms with Gasteiger partial charge < -0.3 is 14.2 Å². The Bertz CT molecular complexity index is 257. The first-order valence-corrected chi connectivity index (χ1v) is 7.07. The van der Waals surface area contributed by atoms with E-state index in [0.717, 1.165) is 13.0 Å². The van der Waals surface area contributed by atoms with Crippen LogP contribution >= 0.6 is 0 Å². The zero-order chi connectivity index (χ0) is 13.6. The first-order chi connectivity index (χ1) is 8.16. The zero-order valence-electron chi connectivity index (χ0n) is 12.7. The molecule has 2 rings (SSSR count). The van der Waals surface area contributed by atoms with Crippen LogP contribution in [0.2, 0.25) is 0 Å². The minimum absolute atomic E-state index is 0.0972. The molecule has 4 unspecified atom stereocenters. The van der Waals surface area contributed by atoms with Crippen LogP contribution in [0, 0.1) is 11.3 Å². The average molecular weight is 256 g/mol. The van der Waals surface area contributed by atoms with Gasteiger partial charge in [-0.05, 0) is 32.6 Å². The van der Waals surface area contributed by atoms with Gasteiger partial charge >= 0.3 is 0 Å². The van der Waals surface area contributed by atoms with Gasteiger partial charge in [-0.2, -0.15) is 0 Å². The maximum absolute atomic E-state index is 6.04. The molecular formula is C15H28O3. The lowest BCUT2D eigenvalue weighted by Gasteiger charge is -2.27. The summed E-state index contributed by atoms with van der Waals surface area (Å²) < 4.78 is 17.9. The smallest absolute Gasteiger partial charge is 0.112 e. The molecule has 2 heterocycles. The summed E-state index contributed by atoms with van der Waals surface area (Å²) in [6.07, 6.45) is 1.62. The van der Waals surface area contributed by atoms with E-state index in [1.54, 1.807) is 0 Å². The molecule has 0 spiro atoms. The van der Waals surface area contributed by atoms with Gasteiger partial charge in [0.1, 0.15) is 12.2 Å². The summed E-state index contributed by atoms with van der Waals surface area (Å²) >= 11 is 0. The number of ether oxygens (including phenoxy) is 3. The summed E-state index contributed by atoms with van der Waals surface area (Å²) in [6.45, 7) is 14.6. The third-order valence-corrected chi connectivity index (χ3v) is 3.49. The van der Waals surface area contributed by atoms with Crippen molar-refractivity contribution in [1.82, 2.24) is 0 Å². The molecule has 2 fully saturated rings. The summed E-state index contributed by atoms with van der Waals surface area (Å²) in [5.74, 6) is 0.517. The molecule has 0 aliphatic carbocycles. The molecule has 2 saturated heterocycles. The van der Waals surface area contributed by atoms with Gasteiger partial charge in [0, 0.05) is 5.92 Å². The van der Waals surface area contributed by atoms with Gasteiger partial charge in [0.25, 0.3) is 0 Å². The van der Waals surface area contributed by atoms with Gasteiger partial charge in [-0.25, -0.2) is 0 Å². The molecule has 2 aliphatic rings. The standard InChI is InChI=1S/C15H28O3/c1-14(2,3)7-10-8-16-13-11(9-17-12(10)13)18-15(4,5)6/h10-13H,7-9H2,1-6H3. The minimum Gasteiger partial charge on any atom is -0.372 e. The Balaban J connectivity index is 1.95. The number of hydrogen-bond acceptors (Lipinski definition) is 3. The van der Waals surface area contributed by atoms with Crippen LogP contribution in [0.3, 0.4) is 0 Å². The molecule has 0 N–H and O–H groups in total. The van der Waals surface area contributed by atoms with Crippen molar-refractivity contribution in [2.45, 2.75) is 71.9 Å². The molecule has 3 nitrogen and oxygen atoms in total. The Hall–Kier alpha value is -0.120. The van der Waals surface area contributed by atoms with Crippen LogP contribution in [0.25, 0.3) is 0 Å². The van der Waals surface area contributed by atoms with E-state index in [9.17, 15) is 0 Å². The third kappa shape index (κ3) is 3.46. The Kier molecular flexibility index (Phi) is 3.79. The number of hydrogen-bond donors (Lipinski definition) is 0. The number of rotatable bonds is 2. The highest BCUT2D eigenvalue weighted by Gasteiger charge is 2.49. The van der Waals surface area contributed by atoms with Crippen molar-refractivity contribution < 1.29 is 14.2 Å². The van der Waals surface area contributed by atoms with E-state index in [2.05, 4.69) is 41.5 Å². The highest BCUT2D eigenvalue weighted by Crippen LogP contribution is 2.39. The van der Waals surface area contributed by atoms with Gasteiger partial charge in [0.05, 0.1) is 24.9 Å². The second-order valence-corrected chi connectivity index (χ2v) is 7.89. The summed E-state index contributed by atoms with van der Waals surface area (Å²) in [5.41, 5.74) is 0.198. The molecule has 0 saturated carbocycles. The lowest BCUT2D eigenvalue weighted by atomic mass is 9.82. The van der Waals surface area contributed by atoms with E-state index in [-0.39, 0.29) is 23.9 Å². The topological polar surface area (TPSA) is 27.7 Å². The molecule has 0 aromatic rings. The van der Waals surface area contributed by atoms with Crippen molar-refractivity contribution >= 4 is 0 Å². The minimum atomic E-state index is -0.131. The van der Waals surface area contributed by atoms with Crippen LogP contribution in [-0.2, 0) is 14.2 Å². The summed E-state index contributed by atoms with van der Waals surface area (Å²) in [5, 5.41) is 0. The molecule has 0 aromatic carbocycles. The van der Waals surface area contributed by atoms with Crippen LogP contribution < -0.4 is 0 Å². The quantitative estimate of drug-likeness (QED) is 0.760. The lowest BCUT2D eigenvalue weighted by molar-refractivity contribution is -0.103. The van der Waals surface area contributed by atoms with Crippen molar-refractivity contribution in [2.75, 3.05) is 13.2 Å². The summed E-state index contributed by atoms with van der Waals surface area (Å²) in [6, 6.07) is 0. The Labute approximate surface area is 111 Å². The molecule has 3 heteroatoms. The Morgan fingerprint density at radius 2 is 1.56 bits per heavy atom. The van der Waals surface area contributed by atoms with Crippen molar-refractivity contribution in [1.29, 1.82) is 0 Å². The van der Waals surface area contributed by atoms with Crippen molar-refractivity contribution in [3.63, 3.8) is 0 Å². The fourth-order valence-electron chi connectivity index (χ4n) is 3.06. The van der Waals surface area contributed by atoms with Crippen LogP contribution in [0.5, 0.6) is 0 Å². The second-order valence-electron chi connectivity index (χ2n) is 7.89. The van der Waals surface area contributed by atoms with E-state index in [1.165, 1.54) is 0 Å². The van der Waals surface area contributed by atoms with Gasteiger partial charge in [-0.1, -0.05) is 20.8 Å². The first-order valence-electron chi connectivity index (χ1n) is 7.07. The van der Waals surface area contributed by atoms with E-state index in [0.29, 0.717) is 17.9 Å². The monoisotopic (exact) mass is 256 g/mol. The van der Waals surface area contributed by atoms with Gasteiger partial charge in [0.15, 0.2) is 0 Å². The Morgan fingerprint density at radius 3 is 2.11 bits per heavy atom. The maximum atomic E-state index is 6.04. The fourth-order valence-corrected chi connectivity index (χ4v) is 3.06. The number of fused-ring (bicyclic) bond motifs is 1. The third-order valence-electron chi connectivity index (χ3n) is 3.49. The summed E-state index contributed by atoms with van der Waals surface area (Å²) in [4.78, 5) is 0. The molecular weight excluding hydrogens is 228 g/mol. The normalized spacial score (nSPS) is 37.0. The largest absolute Gasteiger partial charge is 0.372 e. The molecule has 0 amide bonds. The molecule has 0 radical (unpaired) electrons. The fraction of sp³-hybridized carbons (Fsp3) is 1.00. The predicted molar refractivity (Wildman–Crippen MR) is 71.7 cm³/mol. The van der Waals surface area contributed by atoms with Crippen molar-refractivity contribution in [3.8, 4) is 0 Å². The average Bonchev–Trinajstić information content (AvgIpc) is 2.66. The van der Waals surface area contributed by atoms with Gasteiger partial charge in [-0.3, -0.25) is 0 Å². The first kappa shape index (κ1) is 14.3. The van der Waals surface area contributed by atoms with Crippen LogP contribution in [-0.4, -0.2) is 37.1 Å². The molecule has 0 aromatic heterocycles. The second kappa shape index (κ2) is 4.77. The van der Waals surface area contributed by atoms with E-state index < -0.39 is 0 Å². The molecule has 106 valence electrons. The van der Waals surface area contributed by atoms with E-state index in [4.69, 9.17) is 14.2 Å². The SMILES string of the molecule is CC(C)(C)CC1COC2C(OC(C)(C)C)COC12. The lowest BCUT2D eigenvalue weighted by Crippen LogP contribution is -2.37. The van der Waals surface area contributed by atoms with Crippen LogP contribution in [0.15, 0.2) is 0 Å². The van der Waals surface area contributed by atoms with Crippen molar-refractivity contribution in [3.05, 3.63) is 0 Å². The summed E-state index contributed by atoms with van der Waals surface area (Å²) in [7, 11) is 0. The Morgan fingerprint density at radius 1 is 0.944 bits per heavy atom. The van der Waals surface area contributed by atoms with Crippen molar-refractivity contribution in [2.24, 2.45) is 11.3 Å². The highest BCUT2D eigenvalue weighted by atomic mass is 16.6. The molecule has 18 heavy (non-hydrogen) atoms. The van der Waals surface area contributed by atoms with Crippen LogP contribution in [0.4, 0.5) is 0 Å². The van der Waals surface area contributed by atoms with Crippen LogP contribution in [0.1, 0.15) is 48.0 Å². The van der Waals surface area contributed by atoms with E-state index in [1.807, 2.05) is 0 Å². The van der Waals surface area contributed by atoms with Gasteiger partial charge in [-0.15, -0.1) is 0 Å². The predicted octanol–water partition coefficient (Wildman–Crippen LogP) is 3.02. The molecule has 4 atom stereocenters. The van der Waals surface area contributed by atoms with E-state index >= 15 is 0 Å².